The number of benzene rings is 1. The van der Waals surface area contributed by atoms with E-state index >= 15 is 0 Å². The van der Waals surface area contributed by atoms with Crippen LogP contribution in [0.1, 0.15) is 42.6 Å². The SMILES string of the molecule is COC(=O)N(C[C@H](CCC(C)C)C(=O)O)OC(=O)c1ccc(CO[N+](=O)[O-])cc1. The summed E-state index contributed by atoms with van der Waals surface area (Å²) < 4.78 is 4.57. The zero-order valence-electron chi connectivity index (χ0n) is 16.4. The van der Waals surface area contributed by atoms with E-state index in [4.69, 9.17) is 4.84 Å². The number of hydroxylamine groups is 2. The van der Waals surface area contributed by atoms with Gasteiger partial charge in [0.05, 0.1) is 25.1 Å². The highest BCUT2D eigenvalue weighted by Gasteiger charge is 2.28. The Morgan fingerprint density at radius 3 is 2.28 bits per heavy atom. The van der Waals surface area contributed by atoms with Crippen molar-refractivity contribution < 1.29 is 39.0 Å². The van der Waals surface area contributed by atoms with Gasteiger partial charge >= 0.3 is 18.0 Å². The average molecular weight is 412 g/mol. The van der Waals surface area contributed by atoms with E-state index in [2.05, 4.69) is 9.57 Å². The molecule has 29 heavy (non-hydrogen) atoms. The lowest BCUT2D eigenvalue weighted by Gasteiger charge is -2.23. The molecule has 0 saturated heterocycles. The topological polar surface area (TPSA) is 146 Å². The number of nitrogens with zero attached hydrogens (tertiary/aromatic N) is 2. The van der Waals surface area contributed by atoms with E-state index in [-0.39, 0.29) is 24.6 Å². The molecule has 1 aromatic carbocycles. The predicted molar refractivity (Wildman–Crippen MR) is 97.9 cm³/mol. The van der Waals surface area contributed by atoms with Gasteiger partial charge in [-0.1, -0.05) is 32.4 Å². The molecule has 1 atom stereocenters. The number of aliphatic carboxylic acids is 1. The van der Waals surface area contributed by atoms with Crippen molar-refractivity contribution in [2.75, 3.05) is 13.7 Å². The minimum atomic E-state index is -1.12. The second-order valence-electron chi connectivity index (χ2n) is 6.61. The zero-order valence-corrected chi connectivity index (χ0v) is 16.4. The van der Waals surface area contributed by atoms with E-state index in [0.717, 1.165) is 7.11 Å². The van der Waals surface area contributed by atoms with Crippen LogP contribution in [0, 0.1) is 22.0 Å². The molecule has 0 fully saturated rings. The van der Waals surface area contributed by atoms with Gasteiger partial charge in [-0.15, -0.1) is 15.2 Å². The van der Waals surface area contributed by atoms with E-state index in [1.54, 1.807) is 0 Å². The van der Waals surface area contributed by atoms with E-state index in [1.165, 1.54) is 24.3 Å². The van der Waals surface area contributed by atoms with Crippen LogP contribution in [-0.2, 0) is 25.8 Å². The van der Waals surface area contributed by atoms with Crippen LogP contribution in [0.25, 0.3) is 0 Å². The summed E-state index contributed by atoms with van der Waals surface area (Å²) >= 11 is 0. The molecule has 0 aliphatic heterocycles. The molecule has 0 bridgehead atoms. The van der Waals surface area contributed by atoms with Crippen LogP contribution >= 0.6 is 0 Å². The summed E-state index contributed by atoms with van der Waals surface area (Å²) in [6, 6.07) is 5.52. The Morgan fingerprint density at radius 1 is 1.17 bits per heavy atom. The van der Waals surface area contributed by atoms with Gasteiger partial charge in [0.1, 0.15) is 6.61 Å². The van der Waals surface area contributed by atoms with Gasteiger partial charge in [0.2, 0.25) is 0 Å². The third-order valence-corrected chi connectivity index (χ3v) is 3.93. The Morgan fingerprint density at radius 2 is 1.79 bits per heavy atom. The highest BCUT2D eigenvalue weighted by molar-refractivity contribution is 5.90. The lowest BCUT2D eigenvalue weighted by atomic mass is 9.98. The van der Waals surface area contributed by atoms with Gasteiger partial charge < -0.3 is 19.5 Å². The molecular weight excluding hydrogens is 388 g/mol. The van der Waals surface area contributed by atoms with Gasteiger partial charge in [0.15, 0.2) is 0 Å². The molecule has 1 amide bonds. The quantitative estimate of drug-likeness (QED) is 0.452. The van der Waals surface area contributed by atoms with Gasteiger partial charge in [-0.05, 0) is 30.0 Å². The fourth-order valence-corrected chi connectivity index (χ4v) is 2.30. The first-order valence-corrected chi connectivity index (χ1v) is 8.80. The maximum Gasteiger partial charge on any atom is 0.443 e. The number of methoxy groups -OCH3 is 1. The van der Waals surface area contributed by atoms with Gasteiger partial charge in [0, 0.05) is 0 Å². The highest BCUT2D eigenvalue weighted by atomic mass is 16.9. The van der Waals surface area contributed by atoms with E-state index in [0.29, 0.717) is 23.5 Å². The maximum atomic E-state index is 12.3. The molecule has 1 aromatic rings. The van der Waals surface area contributed by atoms with E-state index in [1.807, 2.05) is 13.8 Å². The first kappa shape index (κ1) is 23.7. The number of hydrogen-bond donors (Lipinski definition) is 1. The molecule has 0 unspecified atom stereocenters. The molecule has 11 nitrogen and oxygen atoms in total. The molecule has 0 heterocycles. The van der Waals surface area contributed by atoms with Crippen LogP contribution in [-0.4, -0.2) is 46.9 Å². The number of rotatable bonds is 10. The number of carbonyl (C=O) groups excluding carboxylic acids is 2. The minimum absolute atomic E-state index is 0.0535. The molecule has 0 radical (unpaired) electrons. The number of carboxylic acid groups (broad SMARTS) is 1. The van der Waals surface area contributed by atoms with Crippen LogP contribution in [0.2, 0.25) is 0 Å². The summed E-state index contributed by atoms with van der Waals surface area (Å²) in [7, 11) is 1.08. The standard InChI is InChI=1S/C18H24N2O9/c1-12(2)4-7-15(16(21)22)10-19(18(24)27-3)29-17(23)14-8-5-13(6-9-14)11-28-20(25)26/h5-6,8-9,12,15H,4,7,10-11H2,1-3H3,(H,21,22)/t15-/m0/s1. The summed E-state index contributed by atoms with van der Waals surface area (Å²) in [5.41, 5.74) is 0.500. The van der Waals surface area contributed by atoms with Crippen LogP contribution in [0.15, 0.2) is 24.3 Å². The molecule has 0 aliphatic carbocycles. The molecule has 160 valence electrons. The first-order valence-electron chi connectivity index (χ1n) is 8.80. The summed E-state index contributed by atoms with van der Waals surface area (Å²) in [5.74, 6) is -2.70. The molecular formula is C18H24N2O9. The van der Waals surface area contributed by atoms with Crippen molar-refractivity contribution in [3.05, 3.63) is 45.5 Å². The molecule has 0 aromatic heterocycles. The fraction of sp³-hybridized carbons (Fsp3) is 0.500. The van der Waals surface area contributed by atoms with Crippen LogP contribution < -0.4 is 0 Å². The summed E-state index contributed by atoms with van der Waals surface area (Å²) in [6.45, 7) is 3.23. The Labute approximate surface area is 167 Å². The smallest absolute Gasteiger partial charge is 0.443 e. The zero-order chi connectivity index (χ0) is 22.0. The van der Waals surface area contributed by atoms with Crippen molar-refractivity contribution in [2.24, 2.45) is 11.8 Å². The van der Waals surface area contributed by atoms with Gasteiger partial charge in [-0.25, -0.2) is 9.59 Å². The molecule has 0 spiro atoms. The number of carbonyl (C=O) groups is 3. The Bertz CT molecular complexity index is 719. The van der Waals surface area contributed by atoms with Crippen molar-refractivity contribution in [1.82, 2.24) is 5.06 Å². The number of hydrogen-bond acceptors (Lipinski definition) is 8. The first-order chi connectivity index (χ1) is 13.6. The summed E-state index contributed by atoms with van der Waals surface area (Å²) in [5, 5.41) is 19.2. The Kier molecular flexibility index (Phi) is 9.36. The van der Waals surface area contributed by atoms with Crippen LogP contribution in [0.3, 0.4) is 0 Å². The third-order valence-electron chi connectivity index (χ3n) is 3.93. The minimum Gasteiger partial charge on any atom is -0.481 e. The Hall–Kier alpha value is -3.37. The highest BCUT2D eigenvalue weighted by Crippen LogP contribution is 2.16. The molecule has 0 aliphatic rings. The van der Waals surface area contributed by atoms with Crippen molar-refractivity contribution in [1.29, 1.82) is 0 Å². The normalized spacial score (nSPS) is 11.4. The fourth-order valence-electron chi connectivity index (χ4n) is 2.30. The number of ether oxygens (including phenoxy) is 1. The monoisotopic (exact) mass is 412 g/mol. The Balaban J connectivity index is 2.83. The summed E-state index contributed by atoms with van der Waals surface area (Å²) in [4.78, 5) is 55.2. The second-order valence-corrected chi connectivity index (χ2v) is 6.61. The number of carboxylic acids is 1. The maximum absolute atomic E-state index is 12.3. The van der Waals surface area contributed by atoms with Crippen molar-refractivity contribution in [3.8, 4) is 0 Å². The predicted octanol–water partition coefficient (Wildman–Crippen LogP) is 2.67. The average Bonchev–Trinajstić information content (AvgIpc) is 2.67. The van der Waals surface area contributed by atoms with E-state index < -0.39 is 29.0 Å². The third kappa shape index (κ3) is 8.45. The summed E-state index contributed by atoms with van der Waals surface area (Å²) in [6.07, 6.45) is -0.0956. The molecule has 1 N–H and O–H groups in total. The van der Waals surface area contributed by atoms with Crippen LogP contribution in [0.5, 0.6) is 0 Å². The molecule has 11 heteroatoms. The van der Waals surface area contributed by atoms with Gasteiger partial charge in [-0.2, -0.15) is 0 Å². The van der Waals surface area contributed by atoms with Gasteiger partial charge in [-0.3, -0.25) is 4.79 Å². The molecule has 0 saturated carbocycles. The lowest BCUT2D eigenvalue weighted by molar-refractivity contribution is -0.763. The van der Waals surface area contributed by atoms with E-state index in [9.17, 15) is 29.6 Å². The largest absolute Gasteiger partial charge is 0.481 e. The van der Waals surface area contributed by atoms with Gasteiger partial charge in [0.25, 0.3) is 5.09 Å². The van der Waals surface area contributed by atoms with Crippen LogP contribution in [0.4, 0.5) is 4.79 Å². The van der Waals surface area contributed by atoms with Crippen molar-refractivity contribution in [3.63, 3.8) is 0 Å². The second kappa shape index (κ2) is 11.5. The lowest BCUT2D eigenvalue weighted by Crippen LogP contribution is -2.39. The van der Waals surface area contributed by atoms with Crippen molar-refractivity contribution in [2.45, 2.75) is 33.3 Å². The number of amides is 1. The van der Waals surface area contributed by atoms with Crippen molar-refractivity contribution >= 4 is 18.0 Å². The molecule has 1 rings (SSSR count).